The highest BCUT2D eigenvalue weighted by molar-refractivity contribution is 6.42. The molecule has 5 nitrogen and oxygen atoms in total. The number of aliphatic hydroxyl groups is 1. The summed E-state index contributed by atoms with van der Waals surface area (Å²) in [6.45, 7) is -0.804. The second-order valence-electron chi connectivity index (χ2n) is 4.80. The summed E-state index contributed by atoms with van der Waals surface area (Å²) in [6.07, 6.45) is -6.92. The van der Waals surface area contributed by atoms with Crippen molar-refractivity contribution in [1.29, 1.82) is 0 Å². The third kappa shape index (κ3) is 3.68. The van der Waals surface area contributed by atoms with Crippen LogP contribution in [0.4, 0.5) is 17.6 Å². The highest BCUT2D eigenvalue weighted by Crippen LogP contribution is 2.34. The van der Waals surface area contributed by atoms with Gasteiger partial charge in [0, 0.05) is 6.07 Å². The zero-order valence-electron chi connectivity index (χ0n) is 11.7. The number of hydrazine groups is 1. The highest BCUT2D eigenvalue weighted by Gasteiger charge is 2.53. The summed E-state index contributed by atoms with van der Waals surface area (Å²) in [4.78, 5) is 12.0. The van der Waals surface area contributed by atoms with Crippen molar-refractivity contribution in [3.8, 4) is 5.75 Å². The monoisotopic (exact) mass is 388 g/mol. The quantitative estimate of drug-likeness (QED) is 0.777. The molecule has 1 aliphatic heterocycles. The molecule has 0 saturated carbocycles. The average molecular weight is 389 g/mol. The zero-order valence-corrected chi connectivity index (χ0v) is 13.2. The molecular weight excluding hydrogens is 379 g/mol. The molecule has 132 valence electrons. The minimum absolute atomic E-state index is 0.0314. The SMILES string of the molecule is O=C(COc1ccc(Cl)c(Cl)c1)N1NC(=C(F)F)CC1(O)C(F)F. The van der Waals surface area contributed by atoms with Crippen molar-refractivity contribution in [2.75, 3.05) is 6.61 Å². The fraction of sp³-hybridized carbons (Fsp3) is 0.308. The summed E-state index contributed by atoms with van der Waals surface area (Å²) in [7, 11) is 0. The maximum Gasteiger partial charge on any atom is 0.291 e. The molecule has 2 rings (SSSR count). The van der Waals surface area contributed by atoms with Crippen LogP contribution in [-0.2, 0) is 4.79 Å². The maximum atomic E-state index is 13.0. The van der Waals surface area contributed by atoms with Crippen molar-refractivity contribution in [2.24, 2.45) is 0 Å². The largest absolute Gasteiger partial charge is 0.484 e. The Kier molecular flexibility index (Phi) is 5.46. The first-order valence-electron chi connectivity index (χ1n) is 6.37. The molecule has 1 aromatic rings. The topological polar surface area (TPSA) is 61.8 Å². The number of benzene rings is 1. The lowest BCUT2D eigenvalue weighted by Crippen LogP contribution is -2.57. The second-order valence-corrected chi connectivity index (χ2v) is 5.61. The second kappa shape index (κ2) is 7.04. The Morgan fingerprint density at radius 1 is 1.38 bits per heavy atom. The van der Waals surface area contributed by atoms with Crippen molar-refractivity contribution >= 4 is 29.1 Å². The van der Waals surface area contributed by atoms with Gasteiger partial charge in [-0.25, -0.2) is 13.8 Å². The first-order valence-corrected chi connectivity index (χ1v) is 7.13. The molecular formula is C13H10Cl2F4N2O3. The van der Waals surface area contributed by atoms with Crippen LogP contribution in [0.25, 0.3) is 0 Å². The summed E-state index contributed by atoms with van der Waals surface area (Å²) in [5, 5.41) is 10.2. The van der Waals surface area contributed by atoms with Gasteiger partial charge < -0.3 is 9.84 Å². The maximum absolute atomic E-state index is 13.0. The molecule has 1 amide bonds. The molecule has 0 aliphatic carbocycles. The van der Waals surface area contributed by atoms with Crippen LogP contribution in [0.2, 0.25) is 10.0 Å². The Morgan fingerprint density at radius 3 is 2.58 bits per heavy atom. The minimum atomic E-state index is -3.48. The minimum Gasteiger partial charge on any atom is -0.484 e. The summed E-state index contributed by atoms with van der Waals surface area (Å²) >= 11 is 11.4. The predicted molar refractivity (Wildman–Crippen MR) is 76.8 cm³/mol. The van der Waals surface area contributed by atoms with Gasteiger partial charge in [-0.3, -0.25) is 10.2 Å². The Labute approximate surface area is 143 Å². The molecule has 0 bridgehead atoms. The number of amides is 1. The third-order valence-corrected chi connectivity index (χ3v) is 3.89. The normalized spacial score (nSPS) is 20.3. The van der Waals surface area contributed by atoms with Crippen molar-refractivity contribution in [3.63, 3.8) is 0 Å². The molecule has 1 aromatic carbocycles. The van der Waals surface area contributed by atoms with E-state index in [0.29, 0.717) is 0 Å². The van der Waals surface area contributed by atoms with Crippen LogP contribution in [0.1, 0.15) is 6.42 Å². The fourth-order valence-electron chi connectivity index (χ4n) is 1.95. The first-order chi connectivity index (χ1) is 11.1. The van der Waals surface area contributed by atoms with Crippen LogP contribution in [0.5, 0.6) is 5.75 Å². The van der Waals surface area contributed by atoms with Gasteiger partial charge in [-0.05, 0) is 12.1 Å². The van der Waals surface area contributed by atoms with E-state index in [-0.39, 0.29) is 20.8 Å². The molecule has 0 radical (unpaired) electrons. The Balaban J connectivity index is 2.12. The number of carbonyl (C=O) groups excluding carboxylic acids is 1. The summed E-state index contributed by atoms with van der Waals surface area (Å²) in [5.41, 5.74) is -2.30. The third-order valence-electron chi connectivity index (χ3n) is 3.15. The summed E-state index contributed by atoms with van der Waals surface area (Å²) < 4.78 is 56.2. The number of ether oxygens (including phenoxy) is 1. The van der Waals surface area contributed by atoms with Crippen molar-refractivity contribution in [3.05, 3.63) is 40.0 Å². The lowest BCUT2D eigenvalue weighted by Gasteiger charge is -2.31. The number of nitrogens with one attached hydrogen (secondary N) is 1. The van der Waals surface area contributed by atoms with Crippen LogP contribution in [-0.4, -0.2) is 34.8 Å². The zero-order chi connectivity index (χ0) is 18.1. The van der Waals surface area contributed by atoms with E-state index < -0.39 is 42.9 Å². The van der Waals surface area contributed by atoms with Gasteiger partial charge in [-0.15, -0.1) is 0 Å². The van der Waals surface area contributed by atoms with E-state index in [1.54, 1.807) is 5.43 Å². The standard InChI is InChI=1S/C13H10Cl2F4N2O3/c14-7-2-1-6(3-8(7)15)24-5-10(22)21-13(23,12(18)19)4-9(20-21)11(16)17/h1-3,12,20,23H,4-5H2. The van der Waals surface area contributed by atoms with Gasteiger partial charge in [0.25, 0.3) is 18.4 Å². The molecule has 1 unspecified atom stereocenters. The molecule has 24 heavy (non-hydrogen) atoms. The Hall–Kier alpha value is -1.71. The van der Waals surface area contributed by atoms with Gasteiger partial charge in [0.1, 0.15) is 11.4 Å². The van der Waals surface area contributed by atoms with Crippen molar-refractivity contribution in [1.82, 2.24) is 10.4 Å². The Bertz CT molecular complexity index is 685. The molecule has 1 fully saturated rings. The van der Waals surface area contributed by atoms with E-state index in [1.165, 1.54) is 18.2 Å². The summed E-state index contributed by atoms with van der Waals surface area (Å²) in [6, 6.07) is 4.03. The number of alkyl halides is 2. The van der Waals surface area contributed by atoms with Crippen LogP contribution in [0, 0.1) is 0 Å². The number of rotatable bonds is 4. The summed E-state index contributed by atoms with van der Waals surface area (Å²) in [5.74, 6) is -1.08. The molecule has 0 spiro atoms. The van der Waals surface area contributed by atoms with E-state index in [2.05, 4.69) is 0 Å². The molecule has 0 aromatic heterocycles. The van der Waals surface area contributed by atoms with E-state index in [9.17, 15) is 27.5 Å². The van der Waals surface area contributed by atoms with Gasteiger partial charge >= 0.3 is 0 Å². The van der Waals surface area contributed by atoms with E-state index in [1.807, 2.05) is 0 Å². The molecule has 1 atom stereocenters. The van der Waals surface area contributed by atoms with Gasteiger partial charge in [-0.1, -0.05) is 23.2 Å². The van der Waals surface area contributed by atoms with Gasteiger partial charge in [0.2, 0.25) is 5.72 Å². The smallest absolute Gasteiger partial charge is 0.291 e. The van der Waals surface area contributed by atoms with Crippen molar-refractivity contribution < 1.29 is 32.2 Å². The van der Waals surface area contributed by atoms with Crippen LogP contribution >= 0.6 is 23.2 Å². The molecule has 2 N–H and O–H groups in total. The number of hydrogen-bond acceptors (Lipinski definition) is 4. The first kappa shape index (κ1) is 18.6. The molecule has 1 saturated heterocycles. The van der Waals surface area contributed by atoms with Crippen LogP contribution < -0.4 is 10.2 Å². The lowest BCUT2D eigenvalue weighted by molar-refractivity contribution is -0.197. The average Bonchev–Trinajstić information content (AvgIpc) is 2.88. The number of nitrogens with zero attached hydrogens (tertiary/aromatic N) is 1. The van der Waals surface area contributed by atoms with E-state index >= 15 is 0 Å². The van der Waals surface area contributed by atoms with E-state index in [4.69, 9.17) is 27.9 Å². The molecule has 1 heterocycles. The van der Waals surface area contributed by atoms with E-state index in [0.717, 1.165) is 0 Å². The van der Waals surface area contributed by atoms with Crippen molar-refractivity contribution in [2.45, 2.75) is 18.6 Å². The van der Waals surface area contributed by atoms with Gasteiger partial charge in [0.05, 0.1) is 16.5 Å². The lowest BCUT2D eigenvalue weighted by atomic mass is 10.1. The fourth-order valence-corrected chi connectivity index (χ4v) is 2.24. The Morgan fingerprint density at radius 2 is 2.04 bits per heavy atom. The molecule has 11 heteroatoms. The highest BCUT2D eigenvalue weighted by atomic mass is 35.5. The van der Waals surface area contributed by atoms with Crippen LogP contribution in [0.3, 0.4) is 0 Å². The number of halogens is 6. The number of carbonyl (C=O) groups is 1. The van der Waals surface area contributed by atoms with Gasteiger partial charge in [0.15, 0.2) is 6.61 Å². The molecule has 1 aliphatic rings. The van der Waals surface area contributed by atoms with Gasteiger partial charge in [-0.2, -0.15) is 8.78 Å². The number of hydrogen-bond donors (Lipinski definition) is 2. The van der Waals surface area contributed by atoms with Crippen LogP contribution in [0.15, 0.2) is 30.0 Å². The predicted octanol–water partition coefficient (Wildman–Crippen LogP) is 3.17.